The molecular weight excluding hydrogens is 408 g/mol. The van der Waals surface area contributed by atoms with Crippen LogP contribution in [-0.4, -0.2) is 38.5 Å². The van der Waals surface area contributed by atoms with Crippen molar-refractivity contribution >= 4 is 34.5 Å². The first-order chi connectivity index (χ1) is 13.3. The number of rotatable bonds is 3. The molecule has 1 fully saturated rings. The molecule has 2 atom stereocenters. The first kappa shape index (κ1) is 19.2. The largest absolute Gasteiger partial charge is 0.341 e. The number of alkyl halides is 2. The van der Waals surface area contributed by atoms with Crippen LogP contribution in [0, 0.1) is 6.92 Å². The predicted molar refractivity (Wildman–Crippen MR) is 104 cm³/mol. The van der Waals surface area contributed by atoms with Crippen molar-refractivity contribution in [3.8, 4) is 11.1 Å². The molecule has 1 saturated carbocycles. The van der Waals surface area contributed by atoms with Crippen molar-refractivity contribution in [3.63, 3.8) is 0 Å². The number of nitrogens with two attached hydrogens (primary N) is 1. The van der Waals surface area contributed by atoms with Gasteiger partial charge in [-0.1, -0.05) is 11.6 Å². The number of nitrogens with zero attached hydrogens (tertiary/aromatic N) is 3. The van der Waals surface area contributed by atoms with Gasteiger partial charge in [-0.05, 0) is 25.8 Å². The van der Waals surface area contributed by atoms with Gasteiger partial charge in [0.1, 0.15) is 6.04 Å². The van der Waals surface area contributed by atoms with E-state index in [0.29, 0.717) is 28.4 Å². The summed E-state index contributed by atoms with van der Waals surface area (Å²) in [7, 11) is 0. The smallest absolute Gasteiger partial charge is 0.269 e. The average Bonchev–Trinajstić information content (AvgIpc) is 3.20. The van der Waals surface area contributed by atoms with E-state index in [1.165, 1.54) is 17.5 Å². The highest BCUT2D eigenvalue weighted by Gasteiger charge is 2.46. The van der Waals surface area contributed by atoms with Gasteiger partial charge >= 0.3 is 0 Å². The van der Waals surface area contributed by atoms with Crippen molar-refractivity contribution in [2.75, 3.05) is 0 Å². The van der Waals surface area contributed by atoms with Gasteiger partial charge in [-0.3, -0.25) is 4.79 Å². The second kappa shape index (κ2) is 7.06. The molecule has 1 aliphatic carbocycles. The van der Waals surface area contributed by atoms with Crippen LogP contribution in [0.5, 0.6) is 0 Å². The topological polar surface area (TPSA) is 85.3 Å². The molecule has 4 rings (SSSR count). The SMILES string of the molecule is Cc1sc(C(=O)N[C@@H]2[C@@H](N)CCCC2(F)F)cc1-c1cnn2cc(Cl)cnc12. The van der Waals surface area contributed by atoms with Gasteiger partial charge < -0.3 is 11.1 Å². The van der Waals surface area contributed by atoms with Gasteiger partial charge in [0.2, 0.25) is 0 Å². The molecule has 28 heavy (non-hydrogen) atoms. The summed E-state index contributed by atoms with van der Waals surface area (Å²) in [6, 6.07) is -0.447. The number of hydrogen-bond donors (Lipinski definition) is 2. The molecule has 10 heteroatoms. The van der Waals surface area contributed by atoms with E-state index in [0.717, 1.165) is 16.0 Å². The van der Waals surface area contributed by atoms with E-state index in [9.17, 15) is 13.6 Å². The van der Waals surface area contributed by atoms with Crippen molar-refractivity contribution in [1.82, 2.24) is 19.9 Å². The molecule has 0 unspecified atom stereocenters. The van der Waals surface area contributed by atoms with E-state index in [4.69, 9.17) is 17.3 Å². The minimum absolute atomic E-state index is 0.267. The van der Waals surface area contributed by atoms with Crippen LogP contribution in [0.2, 0.25) is 5.02 Å². The number of aromatic nitrogens is 3. The highest BCUT2D eigenvalue weighted by Crippen LogP contribution is 2.35. The van der Waals surface area contributed by atoms with Gasteiger partial charge in [0.25, 0.3) is 11.8 Å². The molecule has 0 bridgehead atoms. The van der Waals surface area contributed by atoms with E-state index >= 15 is 0 Å². The lowest BCUT2D eigenvalue weighted by Gasteiger charge is -2.36. The summed E-state index contributed by atoms with van der Waals surface area (Å²) in [6.07, 6.45) is 5.34. The van der Waals surface area contributed by atoms with E-state index < -0.39 is 23.9 Å². The molecule has 1 aliphatic rings. The molecule has 0 radical (unpaired) electrons. The predicted octanol–water partition coefficient (Wildman–Crippen LogP) is 3.66. The molecule has 0 spiro atoms. The fourth-order valence-corrected chi connectivity index (χ4v) is 4.62. The Balaban J connectivity index is 1.63. The second-order valence-corrected chi connectivity index (χ2v) is 8.64. The lowest BCUT2D eigenvalue weighted by atomic mass is 9.87. The number of aryl methyl sites for hydroxylation is 1. The summed E-state index contributed by atoms with van der Waals surface area (Å²) in [5.41, 5.74) is 7.96. The fraction of sp³-hybridized carbons (Fsp3) is 0.389. The Labute approximate surface area is 168 Å². The van der Waals surface area contributed by atoms with Crippen molar-refractivity contribution < 1.29 is 13.6 Å². The number of carbonyl (C=O) groups is 1. The lowest BCUT2D eigenvalue weighted by Crippen LogP contribution is -2.59. The molecule has 0 aliphatic heterocycles. The Hall–Kier alpha value is -2.10. The average molecular weight is 426 g/mol. The maximum atomic E-state index is 14.2. The first-order valence-electron chi connectivity index (χ1n) is 8.80. The Bertz CT molecular complexity index is 1050. The van der Waals surface area contributed by atoms with Crippen LogP contribution in [0.25, 0.3) is 16.8 Å². The molecule has 3 heterocycles. The highest BCUT2D eigenvalue weighted by atomic mass is 35.5. The third kappa shape index (κ3) is 3.38. The number of halogens is 3. The van der Waals surface area contributed by atoms with E-state index in [1.54, 1.807) is 23.0 Å². The molecule has 0 aromatic carbocycles. The van der Waals surface area contributed by atoms with Gasteiger partial charge in [-0.2, -0.15) is 5.10 Å². The third-order valence-corrected chi connectivity index (χ3v) is 6.22. The van der Waals surface area contributed by atoms with Crippen LogP contribution in [0.3, 0.4) is 0 Å². The second-order valence-electron chi connectivity index (χ2n) is 6.95. The maximum absolute atomic E-state index is 14.2. The normalized spacial score (nSPS) is 21.8. The van der Waals surface area contributed by atoms with Crippen molar-refractivity contribution in [2.45, 2.75) is 44.2 Å². The summed E-state index contributed by atoms with van der Waals surface area (Å²) < 4.78 is 29.9. The summed E-state index contributed by atoms with van der Waals surface area (Å²) >= 11 is 7.17. The van der Waals surface area contributed by atoms with Gasteiger partial charge in [0.15, 0.2) is 5.65 Å². The Morgan fingerprint density at radius 1 is 1.43 bits per heavy atom. The number of nitrogens with one attached hydrogen (secondary N) is 1. The molecule has 3 N–H and O–H groups in total. The van der Waals surface area contributed by atoms with E-state index in [1.807, 2.05) is 6.92 Å². The summed E-state index contributed by atoms with van der Waals surface area (Å²) in [5, 5.41) is 7.13. The summed E-state index contributed by atoms with van der Waals surface area (Å²) in [6.45, 7) is 1.86. The quantitative estimate of drug-likeness (QED) is 0.670. The Morgan fingerprint density at radius 3 is 2.96 bits per heavy atom. The van der Waals surface area contributed by atoms with Gasteiger partial charge in [-0.15, -0.1) is 11.3 Å². The minimum Gasteiger partial charge on any atom is -0.341 e. The van der Waals surface area contributed by atoms with Crippen LogP contribution in [0.1, 0.15) is 33.8 Å². The number of amides is 1. The van der Waals surface area contributed by atoms with Crippen LogP contribution >= 0.6 is 22.9 Å². The van der Waals surface area contributed by atoms with Crippen LogP contribution < -0.4 is 11.1 Å². The summed E-state index contributed by atoms with van der Waals surface area (Å²) in [5.74, 6) is -3.55. The van der Waals surface area contributed by atoms with Gasteiger partial charge in [0, 0.05) is 34.7 Å². The molecule has 3 aromatic heterocycles. The first-order valence-corrected chi connectivity index (χ1v) is 9.99. The van der Waals surface area contributed by atoms with Crippen LogP contribution in [0.15, 0.2) is 24.7 Å². The zero-order valence-electron chi connectivity index (χ0n) is 15.0. The lowest BCUT2D eigenvalue weighted by molar-refractivity contribution is -0.0674. The standard InChI is InChI=1S/C18H18ClF2N5OS/c1-9-11(12-7-24-26-8-10(19)6-23-16(12)26)5-14(28-9)17(27)25-15-13(22)3-2-4-18(15,20)21/h5-8,13,15H,2-4,22H2,1H3,(H,25,27)/t13-,15+/m0/s1. The number of hydrogen-bond acceptors (Lipinski definition) is 5. The molecule has 1 amide bonds. The Kier molecular flexibility index (Phi) is 4.84. The zero-order valence-corrected chi connectivity index (χ0v) is 16.5. The summed E-state index contributed by atoms with van der Waals surface area (Å²) in [4.78, 5) is 18.1. The molecule has 148 valence electrons. The molecule has 3 aromatic rings. The van der Waals surface area contributed by atoms with Gasteiger partial charge in [0.05, 0.1) is 22.3 Å². The number of fused-ring (bicyclic) bond motifs is 1. The molecular formula is C18H18ClF2N5OS. The minimum atomic E-state index is -3.01. The van der Waals surface area contributed by atoms with E-state index in [2.05, 4.69) is 15.4 Å². The van der Waals surface area contributed by atoms with Crippen LogP contribution in [-0.2, 0) is 0 Å². The fourth-order valence-electron chi connectivity index (χ4n) is 3.54. The Morgan fingerprint density at radius 2 is 2.21 bits per heavy atom. The maximum Gasteiger partial charge on any atom is 0.269 e. The van der Waals surface area contributed by atoms with Crippen molar-refractivity contribution in [2.24, 2.45) is 5.73 Å². The monoisotopic (exact) mass is 425 g/mol. The zero-order chi connectivity index (χ0) is 20.1. The molecule has 0 saturated heterocycles. The number of carbonyl (C=O) groups excluding carboxylic acids is 1. The highest BCUT2D eigenvalue weighted by molar-refractivity contribution is 7.14. The van der Waals surface area contributed by atoms with Crippen molar-refractivity contribution in [3.05, 3.63) is 39.4 Å². The van der Waals surface area contributed by atoms with Crippen molar-refractivity contribution in [1.29, 1.82) is 0 Å². The number of thiophene rings is 1. The van der Waals surface area contributed by atoms with Gasteiger partial charge in [-0.25, -0.2) is 18.3 Å². The molecule has 6 nitrogen and oxygen atoms in total. The third-order valence-electron chi connectivity index (χ3n) is 4.97. The van der Waals surface area contributed by atoms with Crippen LogP contribution in [0.4, 0.5) is 8.78 Å². The van der Waals surface area contributed by atoms with E-state index in [-0.39, 0.29) is 6.42 Å².